The van der Waals surface area contributed by atoms with E-state index in [1.165, 1.54) is 11.1 Å². The summed E-state index contributed by atoms with van der Waals surface area (Å²) in [6.45, 7) is 8.39. The SMILES string of the molecule is CC(=O)c1ccc(C(=C=C(C)CC(C)(C)Cc2ccccc2)c2ccccc2)cc1. The largest absolute Gasteiger partial charge is 0.295 e. The Kier molecular flexibility index (Phi) is 6.87. The van der Waals surface area contributed by atoms with E-state index < -0.39 is 0 Å². The predicted octanol–water partition coefficient (Wildman–Crippen LogP) is 7.53. The first-order chi connectivity index (χ1) is 14.3. The first-order valence-corrected chi connectivity index (χ1v) is 10.5. The second-order valence-electron chi connectivity index (χ2n) is 8.78. The number of benzene rings is 3. The molecule has 30 heavy (non-hydrogen) atoms. The fraction of sp³-hybridized carbons (Fsp3) is 0.241. The van der Waals surface area contributed by atoms with Gasteiger partial charge < -0.3 is 0 Å². The topological polar surface area (TPSA) is 17.1 Å². The van der Waals surface area contributed by atoms with Crippen molar-refractivity contribution in [2.45, 2.75) is 40.5 Å². The number of hydrogen-bond acceptors (Lipinski definition) is 1. The van der Waals surface area contributed by atoms with Gasteiger partial charge in [-0.1, -0.05) is 98.8 Å². The molecule has 0 amide bonds. The minimum Gasteiger partial charge on any atom is -0.295 e. The smallest absolute Gasteiger partial charge is 0.159 e. The lowest BCUT2D eigenvalue weighted by molar-refractivity contribution is 0.101. The summed E-state index contributed by atoms with van der Waals surface area (Å²) in [4.78, 5) is 11.7. The fourth-order valence-corrected chi connectivity index (χ4v) is 3.97. The quantitative estimate of drug-likeness (QED) is 0.299. The van der Waals surface area contributed by atoms with Crippen molar-refractivity contribution in [2.24, 2.45) is 5.41 Å². The number of carbonyl (C=O) groups is 1. The van der Waals surface area contributed by atoms with Crippen LogP contribution in [-0.4, -0.2) is 5.78 Å². The highest BCUT2D eigenvalue weighted by atomic mass is 16.1. The molecule has 0 aliphatic carbocycles. The number of ketones is 1. The summed E-state index contributed by atoms with van der Waals surface area (Å²) in [5.41, 5.74) is 10.4. The maximum atomic E-state index is 11.7. The average molecular weight is 395 g/mol. The molecule has 0 bridgehead atoms. The monoisotopic (exact) mass is 394 g/mol. The van der Waals surface area contributed by atoms with Crippen LogP contribution in [0.15, 0.2) is 96.2 Å². The molecule has 0 saturated carbocycles. The molecule has 3 rings (SSSR count). The molecule has 0 atom stereocenters. The lowest BCUT2D eigenvalue weighted by atomic mass is 9.80. The molecule has 0 aliphatic heterocycles. The molecule has 1 nitrogen and oxygen atoms in total. The normalized spacial score (nSPS) is 10.9. The van der Waals surface area contributed by atoms with Gasteiger partial charge in [-0.15, -0.1) is 5.73 Å². The number of Topliss-reactive ketones (excluding diaryl/α,β-unsaturated/α-hetero) is 1. The third-order valence-corrected chi connectivity index (χ3v) is 5.25. The molecule has 0 radical (unpaired) electrons. The van der Waals surface area contributed by atoms with Crippen LogP contribution in [0, 0.1) is 5.41 Å². The molecule has 1 heteroatoms. The Balaban J connectivity index is 1.97. The zero-order chi connectivity index (χ0) is 21.6. The van der Waals surface area contributed by atoms with Crippen LogP contribution < -0.4 is 0 Å². The van der Waals surface area contributed by atoms with Crippen LogP contribution >= 0.6 is 0 Å². The van der Waals surface area contributed by atoms with E-state index in [9.17, 15) is 4.79 Å². The van der Waals surface area contributed by atoms with Crippen LogP contribution in [0.3, 0.4) is 0 Å². The van der Waals surface area contributed by atoms with Crippen LogP contribution in [0.5, 0.6) is 0 Å². The summed E-state index contributed by atoms with van der Waals surface area (Å²) in [6.07, 6.45) is 1.99. The van der Waals surface area contributed by atoms with Gasteiger partial charge in [-0.25, -0.2) is 0 Å². The van der Waals surface area contributed by atoms with E-state index in [1.807, 2.05) is 30.3 Å². The van der Waals surface area contributed by atoms with Crippen molar-refractivity contribution in [3.05, 3.63) is 118 Å². The Morgan fingerprint density at radius 2 is 1.23 bits per heavy atom. The van der Waals surface area contributed by atoms with Crippen molar-refractivity contribution in [1.82, 2.24) is 0 Å². The van der Waals surface area contributed by atoms with Crippen molar-refractivity contribution in [2.75, 3.05) is 0 Å². The van der Waals surface area contributed by atoms with E-state index in [4.69, 9.17) is 0 Å². The summed E-state index contributed by atoms with van der Waals surface area (Å²) in [6, 6.07) is 28.9. The van der Waals surface area contributed by atoms with E-state index in [2.05, 4.69) is 81.1 Å². The second kappa shape index (κ2) is 9.57. The van der Waals surface area contributed by atoms with Crippen molar-refractivity contribution >= 4 is 11.4 Å². The standard InChI is InChI=1S/C29H30O/c1-22(20-29(3,4)21-24-11-7-5-8-12-24)19-28(26-13-9-6-10-14-26)27-17-15-25(16-18-27)23(2)30/h5-18H,20-21H2,1-4H3. The third kappa shape index (κ3) is 5.92. The Hall–Kier alpha value is -3.15. The molecule has 3 aromatic rings. The van der Waals surface area contributed by atoms with Crippen LogP contribution in [0.2, 0.25) is 0 Å². The number of hydrogen-bond donors (Lipinski definition) is 0. The van der Waals surface area contributed by atoms with Gasteiger partial charge >= 0.3 is 0 Å². The summed E-state index contributed by atoms with van der Waals surface area (Å²) in [5.74, 6) is 0.0844. The maximum absolute atomic E-state index is 11.7. The number of allylic oxidation sites excluding steroid dienone is 1. The number of carbonyl (C=O) groups excluding carboxylic acids is 1. The van der Waals surface area contributed by atoms with Crippen LogP contribution in [0.4, 0.5) is 0 Å². The fourth-order valence-electron chi connectivity index (χ4n) is 3.97. The van der Waals surface area contributed by atoms with Gasteiger partial charge in [-0.05, 0) is 54.4 Å². The molecule has 0 aliphatic rings. The van der Waals surface area contributed by atoms with Gasteiger partial charge in [0, 0.05) is 11.1 Å². The van der Waals surface area contributed by atoms with E-state index >= 15 is 0 Å². The van der Waals surface area contributed by atoms with Crippen molar-refractivity contribution < 1.29 is 4.79 Å². The molecule has 0 heterocycles. The maximum Gasteiger partial charge on any atom is 0.159 e. The minimum absolute atomic E-state index is 0.0844. The van der Waals surface area contributed by atoms with Gasteiger partial charge in [0.05, 0.1) is 0 Å². The van der Waals surface area contributed by atoms with Gasteiger partial charge in [0.1, 0.15) is 0 Å². The molecular weight excluding hydrogens is 364 g/mol. The molecule has 0 spiro atoms. The lowest BCUT2D eigenvalue weighted by Crippen LogP contribution is -2.15. The van der Waals surface area contributed by atoms with Crippen LogP contribution in [0.1, 0.15) is 61.2 Å². The van der Waals surface area contributed by atoms with Crippen molar-refractivity contribution in [1.29, 1.82) is 0 Å². The highest BCUT2D eigenvalue weighted by Gasteiger charge is 2.19. The number of rotatable bonds is 7. The van der Waals surface area contributed by atoms with Crippen LogP contribution in [0.25, 0.3) is 5.57 Å². The molecule has 152 valence electrons. The lowest BCUT2D eigenvalue weighted by Gasteiger charge is -2.24. The van der Waals surface area contributed by atoms with E-state index in [-0.39, 0.29) is 11.2 Å². The van der Waals surface area contributed by atoms with E-state index in [1.54, 1.807) is 6.92 Å². The Morgan fingerprint density at radius 3 is 1.80 bits per heavy atom. The molecule has 0 N–H and O–H groups in total. The Labute approximate surface area is 180 Å². The first-order valence-electron chi connectivity index (χ1n) is 10.5. The summed E-state index contributed by atoms with van der Waals surface area (Å²) in [5, 5.41) is 0. The van der Waals surface area contributed by atoms with E-state index in [0.717, 1.165) is 35.1 Å². The minimum atomic E-state index is 0.0844. The van der Waals surface area contributed by atoms with E-state index in [0.29, 0.717) is 0 Å². The summed E-state index contributed by atoms with van der Waals surface area (Å²) in [7, 11) is 0. The second-order valence-corrected chi connectivity index (χ2v) is 8.78. The molecule has 0 fully saturated rings. The van der Waals surface area contributed by atoms with Gasteiger partial charge in [-0.3, -0.25) is 4.79 Å². The molecule has 0 saturated heterocycles. The average Bonchev–Trinajstić information content (AvgIpc) is 2.73. The van der Waals surface area contributed by atoms with Gasteiger partial charge in [-0.2, -0.15) is 0 Å². The van der Waals surface area contributed by atoms with Gasteiger partial charge in [0.2, 0.25) is 0 Å². The predicted molar refractivity (Wildman–Crippen MR) is 127 cm³/mol. The molecule has 0 unspecified atom stereocenters. The highest BCUT2D eigenvalue weighted by molar-refractivity contribution is 5.94. The van der Waals surface area contributed by atoms with Crippen molar-refractivity contribution in [3.63, 3.8) is 0 Å². The summed E-state index contributed by atoms with van der Waals surface area (Å²) < 4.78 is 0. The molecular formula is C29H30O. The zero-order valence-electron chi connectivity index (χ0n) is 18.4. The van der Waals surface area contributed by atoms with Crippen LogP contribution in [-0.2, 0) is 6.42 Å². The Morgan fingerprint density at radius 1 is 0.733 bits per heavy atom. The third-order valence-electron chi connectivity index (χ3n) is 5.25. The molecule has 0 aromatic heterocycles. The Bertz CT molecular complexity index is 1050. The zero-order valence-corrected chi connectivity index (χ0v) is 18.4. The summed E-state index contributed by atoms with van der Waals surface area (Å²) >= 11 is 0. The molecule has 3 aromatic carbocycles. The highest BCUT2D eigenvalue weighted by Crippen LogP contribution is 2.31. The van der Waals surface area contributed by atoms with Crippen molar-refractivity contribution in [3.8, 4) is 0 Å². The van der Waals surface area contributed by atoms with Gasteiger partial charge in [0.15, 0.2) is 5.78 Å². The first kappa shape index (κ1) is 21.6. The van der Waals surface area contributed by atoms with Gasteiger partial charge in [0.25, 0.3) is 0 Å².